The summed E-state index contributed by atoms with van der Waals surface area (Å²) < 4.78 is 16.8. The van der Waals surface area contributed by atoms with E-state index in [1.54, 1.807) is 12.1 Å². The summed E-state index contributed by atoms with van der Waals surface area (Å²) in [7, 11) is 0. The summed E-state index contributed by atoms with van der Waals surface area (Å²) >= 11 is 0. The summed E-state index contributed by atoms with van der Waals surface area (Å²) in [6.07, 6.45) is 0. The van der Waals surface area contributed by atoms with Gasteiger partial charge in [-0.15, -0.1) is 0 Å². The average molecular weight is 433 g/mol. The highest BCUT2D eigenvalue weighted by Gasteiger charge is 2.13. The number of amides is 1. The number of nitrogens with zero attached hydrogens (tertiary/aromatic N) is 1. The number of carbonyl (C=O) groups is 1. The third-order valence-corrected chi connectivity index (χ3v) is 5.30. The second kappa shape index (κ2) is 10.7. The van der Waals surface area contributed by atoms with Gasteiger partial charge in [-0.1, -0.05) is 30.3 Å². The van der Waals surface area contributed by atoms with Crippen molar-refractivity contribution in [2.45, 2.75) is 13.5 Å². The monoisotopic (exact) mass is 432 g/mol. The fourth-order valence-electron chi connectivity index (χ4n) is 3.51. The minimum atomic E-state index is -0.198. The molecule has 32 heavy (non-hydrogen) atoms. The van der Waals surface area contributed by atoms with Crippen LogP contribution in [0.3, 0.4) is 0 Å². The summed E-state index contributed by atoms with van der Waals surface area (Å²) in [5.74, 6) is 1.17. The molecule has 1 N–H and O–H groups in total. The Balaban J connectivity index is 1.24. The molecule has 6 nitrogen and oxygen atoms in total. The first kappa shape index (κ1) is 21.7. The minimum absolute atomic E-state index is 0.0606. The number of rotatable bonds is 8. The number of nitrogens with one attached hydrogen (secondary N) is 1. The summed E-state index contributed by atoms with van der Waals surface area (Å²) in [5.41, 5.74) is 4.06. The first-order valence-corrected chi connectivity index (χ1v) is 10.8. The van der Waals surface area contributed by atoms with Crippen LogP contribution >= 0.6 is 0 Å². The number of benzene rings is 3. The number of ether oxygens (including phenoxy) is 3. The van der Waals surface area contributed by atoms with E-state index < -0.39 is 0 Å². The highest BCUT2D eigenvalue weighted by atomic mass is 16.5. The predicted molar refractivity (Wildman–Crippen MR) is 126 cm³/mol. The summed E-state index contributed by atoms with van der Waals surface area (Å²) in [6, 6.07) is 23.3. The number of hydrogen-bond donors (Lipinski definition) is 1. The van der Waals surface area contributed by atoms with Crippen molar-refractivity contribution in [3.63, 3.8) is 0 Å². The molecule has 0 aromatic heterocycles. The van der Waals surface area contributed by atoms with Gasteiger partial charge in [0.15, 0.2) is 6.61 Å². The van der Waals surface area contributed by atoms with Crippen LogP contribution in [0.25, 0.3) is 0 Å². The molecule has 0 saturated carbocycles. The SMILES string of the molecule is Cc1cc(N2CCOCC2)ccc1NC(=O)COc1ccc(OCc2ccccc2)cc1. The Morgan fingerprint density at radius 1 is 0.938 bits per heavy atom. The van der Waals surface area contributed by atoms with Crippen molar-refractivity contribution in [1.29, 1.82) is 0 Å². The molecular formula is C26H28N2O4. The van der Waals surface area contributed by atoms with Crippen LogP contribution in [0.1, 0.15) is 11.1 Å². The molecule has 4 rings (SSSR count). The Bertz CT molecular complexity index is 1020. The molecule has 3 aromatic rings. The second-order valence-corrected chi connectivity index (χ2v) is 7.68. The molecule has 0 spiro atoms. The van der Waals surface area contributed by atoms with Gasteiger partial charge in [-0.25, -0.2) is 0 Å². The first-order valence-electron chi connectivity index (χ1n) is 10.8. The van der Waals surface area contributed by atoms with Gasteiger partial charge in [0.05, 0.1) is 13.2 Å². The number of morpholine rings is 1. The van der Waals surface area contributed by atoms with Gasteiger partial charge in [0.25, 0.3) is 5.91 Å². The van der Waals surface area contributed by atoms with Crippen LogP contribution < -0.4 is 19.7 Å². The molecular weight excluding hydrogens is 404 g/mol. The van der Waals surface area contributed by atoms with E-state index in [1.807, 2.05) is 61.5 Å². The number of hydrogen-bond acceptors (Lipinski definition) is 5. The molecule has 0 radical (unpaired) electrons. The van der Waals surface area contributed by atoms with E-state index in [1.165, 1.54) is 0 Å². The zero-order valence-electron chi connectivity index (χ0n) is 18.3. The van der Waals surface area contributed by atoms with E-state index in [4.69, 9.17) is 14.2 Å². The third kappa shape index (κ3) is 6.02. The van der Waals surface area contributed by atoms with Gasteiger partial charge in [0.2, 0.25) is 0 Å². The van der Waals surface area contributed by atoms with Gasteiger partial charge < -0.3 is 24.4 Å². The molecule has 0 aliphatic carbocycles. The number of carbonyl (C=O) groups excluding carboxylic acids is 1. The van der Waals surface area contributed by atoms with Crippen molar-refractivity contribution in [2.24, 2.45) is 0 Å². The minimum Gasteiger partial charge on any atom is -0.489 e. The van der Waals surface area contributed by atoms with Crippen LogP contribution in [0.2, 0.25) is 0 Å². The summed E-state index contributed by atoms with van der Waals surface area (Å²) in [5, 5.41) is 2.93. The molecule has 1 aliphatic rings. The third-order valence-electron chi connectivity index (χ3n) is 5.30. The first-order chi connectivity index (χ1) is 15.7. The van der Waals surface area contributed by atoms with Gasteiger partial charge in [0.1, 0.15) is 18.1 Å². The lowest BCUT2D eigenvalue weighted by Crippen LogP contribution is -2.36. The van der Waals surface area contributed by atoms with Crippen molar-refractivity contribution in [1.82, 2.24) is 0 Å². The van der Waals surface area contributed by atoms with Crippen LogP contribution in [0.5, 0.6) is 11.5 Å². The summed E-state index contributed by atoms with van der Waals surface area (Å²) in [4.78, 5) is 14.7. The molecule has 3 aromatic carbocycles. The van der Waals surface area contributed by atoms with Gasteiger partial charge in [-0.3, -0.25) is 4.79 Å². The molecule has 0 bridgehead atoms. The average Bonchev–Trinajstić information content (AvgIpc) is 2.84. The van der Waals surface area contributed by atoms with Crippen molar-refractivity contribution < 1.29 is 19.0 Å². The van der Waals surface area contributed by atoms with Crippen molar-refractivity contribution in [2.75, 3.05) is 43.1 Å². The molecule has 1 fully saturated rings. The van der Waals surface area contributed by atoms with E-state index in [0.29, 0.717) is 12.4 Å². The maximum Gasteiger partial charge on any atom is 0.262 e. The van der Waals surface area contributed by atoms with E-state index >= 15 is 0 Å². The van der Waals surface area contributed by atoms with Gasteiger partial charge in [0, 0.05) is 24.5 Å². The van der Waals surface area contributed by atoms with Crippen LogP contribution in [-0.4, -0.2) is 38.8 Å². The molecule has 0 atom stereocenters. The Hall–Kier alpha value is -3.51. The number of aryl methyl sites for hydroxylation is 1. The van der Waals surface area contributed by atoms with E-state index in [9.17, 15) is 4.79 Å². The van der Waals surface area contributed by atoms with E-state index in [2.05, 4.69) is 16.3 Å². The quantitative estimate of drug-likeness (QED) is 0.571. The van der Waals surface area contributed by atoms with Gasteiger partial charge >= 0.3 is 0 Å². The lowest BCUT2D eigenvalue weighted by atomic mass is 10.1. The molecule has 1 aliphatic heterocycles. The Morgan fingerprint density at radius 2 is 1.62 bits per heavy atom. The predicted octanol–water partition coefficient (Wildman–Crippen LogP) is 4.43. The highest BCUT2D eigenvalue weighted by molar-refractivity contribution is 5.92. The van der Waals surface area contributed by atoms with Crippen molar-refractivity contribution in [3.05, 3.63) is 83.9 Å². The van der Waals surface area contributed by atoms with Crippen molar-refractivity contribution >= 4 is 17.3 Å². The lowest BCUT2D eigenvalue weighted by molar-refractivity contribution is -0.118. The molecule has 1 saturated heterocycles. The maximum atomic E-state index is 12.4. The largest absolute Gasteiger partial charge is 0.489 e. The van der Waals surface area contributed by atoms with Crippen LogP contribution in [0.15, 0.2) is 72.8 Å². The smallest absolute Gasteiger partial charge is 0.262 e. The second-order valence-electron chi connectivity index (χ2n) is 7.68. The molecule has 0 unspecified atom stereocenters. The number of anilines is 2. The van der Waals surface area contributed by atoms with Gasteiger partial charge in [-0.2, -0.15) is 0 Å². The Labute approximate surface area is 188 Å². The topological polar surface area (TPSA) is 60.0 Å². The standard InChI is InChI=1S/C26H28N2O4/c1-20-17-22(28-13-15-30-16-14-28)7-12-25(20)27-26(29)19-32-24-10-8-23(9-11-24)31-18-21-5-3-2-4-6-21/h2-12,17H,13-16,18-19H2,1H3,(H,27,29). The summed E-state index contributed by atoms with van der Waals surface area (Å²) in [6.45, 7) is 5.70. The highest BCUT2D eigenvalue weighted by Crippen LogP contribution is 2.24. The van der Waals surface area contributed by atoms with Crippen LogP contribution in [0.4, 0.5) is 11.4 Å². The fraction of sp³-hybridized carbons (Fsp3) is 0.269. The van der Waals surface area contributed by atoms with E-state index in [-0.39, 0.29) is 12.5 Å². The van der Waals surface area contributed by atoms with Gasteiger partial charge in [-0.05, 0) is 60.5 Å². The fourth-order valence-corrected chi connectivity index (χ4v) is 3.51. The zero-order chi connectivity index (χ0) is 22.2. The Kier molecular flexibility index (Phi) is 7.25. The molecule has 1 amide bonds. The van der Waals surface area contributed by atoms with Crippen LogP contribution in [-0.2, 0) is 16.1 Å². The lowest BCUT2D eigenvalue weighted by Gasteiger charge is -2.29. The Morgan fingerprint density at radius 3 is 2.31 bits per heavy atom. The van der Waals surface area contributed by atoms with E-state index in [0.717, 1.165) is 54.6 Å². The van der Waals surface area contributed by atoms with Crippen molar-refractivity contribution in [3.8, 4) is 11.5 Å². The molecule has 6 heteroatoms. The molecule has 166 valence electrons. The zero-order valence-corrected chi connectivity index (χ0v) is 18.3. The van der Waals surface area contributed by atoms with Crippen LogP contribution in [0, 0.1) is 6.92 Å². The maximum absolute atomic E-state index is 12.4. The normalized spacial score (nSPS) is 13.5. The molecule has 1 heterocycles.